The Bertz CT molecular complexity index is 614. The van der Waals surface area contributed by atoms with Crippen LogP contribution in [0.1, 0.15) is 30.0 Å². The van der Waals surface area contributed by atoms with Crippen molar-refractivity contribution in [3.05, 3.63) is 65.5 Å². The van der Waals surface area contributed by atoms with Crippen LogP contribution >= 0.6 is 0 Å². The molecule has 1 aliphatic carbocycles. The van der Waals surface area contributed by atoms with Gasteiger partial charge in [0.05, 0.1) is 6.04 Å². The molecule has 3 heteroatoms. The summed E-state index contributed by atoms with van der Waals surface area (Å²) in [7, 11) is 1.93. The third-order valence-electron chi connectivity index (χ3n) is 4.12. The van der Waals surface area contributed by atoms with Crippen molar-refractivity contribution >= 4 is 0 Å². The van der Waals surface area contributed by atoms with E-state index in [1.165, 1.54) is 17.2 Å². The zero-order valence-electron chi connectivity index (χ0n) is 12.2. The Labute approximate surface area is 125 Å². The number of nitrogens with one attached hydrogen (secondary N) is 1. The summed E-state index contributed by atoms with van der Waals surface area (Å²) >= 11 is 0. The molecule has 0 fully saturated rings. The van der Waals surface area contributed by atoms with Gasteiger partial charge in [0.15, 0.2) is 11.6 Å². The average molecular weight is 285 g/mol. The first-order valence-electron chi connectivity index (χ1n) is 7.46. The van der Waals surface area contributed by atoms with Crippen molar-refractivity contribution in [1.29, 1.82) is 0 Å². The predicted octanol–water partition coefficient (Wildman–Crippen LogP) is 3.87. The van der Waals surface area contributed by atoms with Crippen LogP contribution in [0.3, 0.4) is 0 Å². The quantitative estimate of drug-likeness (QED) is 0.864. The molecule has 0 radical (unpaired) electrons. The van der Waals surface area contributed by atoms with Gasteiger partial charge in [-0.2, -0.15) is 0 Å². The molecule has 0 aromatic heterocycles. The van der Waals surface area contributed by atoms with Crippen LogP contribution in [0.15, 0.2) is 48.5 Å². The van der Waals surface area contributed by atoms with E-state index in [0.717, 1.165) is 19.3 Å². The Morgan fingerprint density at radius 3 is 2.67 bits per heavy atom. The van der Waals surface area contributed by atoms with Crippen molar-refractivity contribution in [2.75, 3.05) is 7.05 Å². The maximum atomic E-state index is 13.8. The number of rotatable bonds is 3. The molecule has 0 heterocycles. The van der Waals surface area contributed by atoms with E-state index in [1.807, 2.05) is 7.05 Å². The highest BCUT2D eigenvalue weighted by atomic mass is 19.1. The number of hydrogen-bond donors (Lipinski definition) is 1. The maximum Gasteiger partial charge on any atom is 0.165 e. The van der Waals surface area contributed by atoms with Gasteiger partial charge in [-0.15, -0.1) is 0 Å². The summed E-state index contributed by atoms with van der Waals surface area (Å²) in [6.45, 7) is 0. The lowest BCUT2D eigenvalue weighted by molar-refractivity contribution is 0.142. The van der Waals surface area contributed by atoms with E-state index in [0.29, 0.717) is 5.75 Å². The first-order valence-corrected chi connectivity index (χ1v) is 7.46. The molecule has 2 nitrogen and oxygen atoms in total. The second kappa shape index (κ2) is 6.27. The van der Waals surface area contributed by atoms with E-state index < -0.39 is 0 Å². The molecule has 2 atom stereocenters. The molecule has 0 aliphatic heterocycles. The molecule has 1 N–H and O–H groups in total. The molecular weight excluding hydrogens is 265 g/mol. The highest BCUT2D eigenvalue weighted by molar-refractivity contribution is 5.33. The molecule has 110 valence electrons. The van der Waals surface area contributed by atoms with Crippen LogP contribution in [-0.2, 0) is 6.42 Å². The fourth-order valence-electron chi connectivity index (χ4n) is 3.10. The van der Waals surface area contributed by atoms with Gasteiger partial charge in [0.2, 0.25) is 0 Å². The van der Waals surface area contributed by atoms with Gasteiger partial charge >= 0.3 is 0 Å². The van der Waals surface area contributed by atoms with Gasteiger partial charge in [-0.1, -0.05) is 36.4 Å². The highest BCUT2D eigenvalue weighted by Crippen LogP contribution is 2.32. The fraction of sp³-hybridized carbons (Fsp3) is 0.333. The lowest BCUT2D eigenvalue weighted by Crippen LogP contribution is -2.33. The zero-order chi connectivity index (χ0) is 14.7. The van der Waals surface area contributed by atoms with Crippen LogP contribution < -0.4 is 10.1 Å². The smallest absolute Gasteiger partial charge is 0.165 e. The maximum absolute atomic E-state index is 13.8. The van der Waals surface area contributed by atoms with E-state index in [1.54, 1.807) is 18.2 Å². The Morgan fingerprint density at radius 2 is 1.86 bits per heavy atom. The van der Waals surface area contributed by atoms with Gasteiger partial charge in [-0.25, -0.2) is 4.39 Å². The van der Waals surface area contributed by atoms with E-state index in [2.05, 4.69) is 29.6 Å². The molecule has 3 rings (SSSR count). The largest absolute Gasteiger partial charge is 0.485 e. The first kappa shape index (κ1) is 14.1. The van der Waals surface area contributed by atoms with Crippen LogP contribution in [0.4, 0.5) is 4.39 Å². The molecule has 0 saturated carbocycles. The van der Waals surface area contributed by atoms with Gasteiger partial charge in [-0.3, -0.25) is 0 Å². The summed E-state index contributed by atoms with van der Waals surface area (Å²) in [4.78, 5) is 0. The first-order chi connectivity index (χ1) is 10.3. The molecule has 0 saturated heterocycles. The van der Waals surface area contributed by atoms with E-state index in [-0.39, 0.29) is 18.0 Å². The van der Waals surface area contributed by atoms with Crippen LogP contribution in [-0.4, -0.2) is 13.2 Å². The summed E-state index contributed by atoms with van der Waals surface area (Å²) in [5, 5.41) is 3.34. The Hall–Kier alpha value is -1.87. The van der Waals surface area contributed by atoms with Crippen molar-refractivity contribution in [2.24, 2.45) is 0 Å². The number of benzene rings is 2. The Balaban J connectivity index is 1.90. The molecule has 1 aliphatic rings. The summed E-state index contributed by atoms with van der Waals surface area (Å²) in [6.07, 6.45) is 2.95. The summed E-state index contributed by atoms with van der Waals surface area (Å²) in [6, 6.07) is 15.1. The SMILES string of the molecule is CNC1c2ccccc2CCCC1Oc1ccccc1F. The average Bonchev–Trinajstić information content (AvgIpc) is 2.68. The molecule has 2 unspecified atom stereocenters. The van der Waals surface area contributed by atoms with Crippen LogP contribution in [0.5, 0.6) is 5.75 Å². The minimum absolute atomic E-state index is 0.0597. The van der Waals surface area contributed by atoms with E-state index in [9.17, 15) is 4.39 Å². The highest BCUT2D eigenvalue weighted by Gasteiger charge is 2.28. The van der Waals surface area contributed by atoms with Crippen molar-refractivity contribution in [1.82, 2.24) is 5.32 Å². The van der Waals surface area contributed by atoms with Crippen molar-refractivity contribution in [2.45, 2.75) is 31.4 Å². The number of ether oxygens (including phenoxy) is 1. The summed E-state index contributed by atoms with van der Waals surface area (Å²) in [5.41, 5.74) is 2.62. The standard InChI is InChI=1S/C18H20FNO/c1-20-18-14-9-3-2-7-13(14)8-6-12-17(18)21-16-11-5-4-10-15(16)19/h2-5,7,9-11,17-18,20H,6,8,12H2,1H3. The lowest BCUT2D eigenvalue weighted by Gasteiger charge is -2.27. The zero-order valence-corrected chi connectivity index (χ0v) is 12.2. The lowest BCUT2D eigenvalue weighted by atomic mass is 9.98. The third-order valence-corrected chi connectivity index (χ3v) is 4.12. The van der Waals surface area contributed by atoms with Gasteiger partial charge in [-0.05, 0) is 49.6 Å². The van der Waals surface area contributed by atoms with Crippen molar-refractivity contribution in [3.63, 3.8) is 0 Å². The molecule has 0 bridgehead atoms. The Morgan fingerprint density at radius 1 is 1.10 bits per heavy atom. The van der Waals surface area contributed by atoms with E-state index >= 15 is 0 Å². The molecule has 2 aromatic carbocycles. The van der Waals surface area contributed by atoms with Crippen LogP contribution in [0.25, 0.3) is 0 Å². The summed E-state index contributed by atoms with van der Waals surface area (Å²) in [5.74, 6) is 0.0343. The minimum Gasteiger partial charge on any atom is -0.485 e. The molecule has 21 heavy (non-hydrogen) atoms. The molecular formula is C18H20FNO. The Kier molecular flexibility index (Phi) is 4.20. The summed E-state index contributed by atoms with van der Waals surface area (Å²) < 4.78 is 19.8. The number of para-hydroxylation sites is 1. The molecule has 0 amide bonds. The molecule has 2 aromatic rings. The van der Waals surface area contributed by atoms with Crippen molar-refractivity contribution in [3.8, 4) is 5.75 Å². The normalized spacial score (nSPS) is 21.4. The second-order valence-electron chi connectivity index (χ2n) is 5.44. The number of fused-ring (bicyclic) bond motifs is 1. The fourth-order valence-corrected chi connectivity index (χ4v) is 3.10. The number of aryl methyl sites for hydroxylation is 1. The predicted molar refractivity (Wildman–Crippen MR) is 82.0 cm³/mol. The second-order valence-corrected chi connectivity index (χ2v) is 5.44. The van der Waals surface area contributed by atoms with E-state index in [4.69, 9.17) is 4.74 Å². The minimum atomic E-state index is -0.301. The van der Waals surface area contributed by atoms with Crippen molar-refractivity contribution < 1.29 is 9.13 Å². The van der Waals surface area contributed by atoms with Gasteiger partial charge in [0.25, 0.3) is 0 Å². The van der Waals surface area contributed by atoms with Gasteiger partial charge < -0.3 is 10.1 Å². The molecule has 0 spiro atoms. The van der Waals surface area contributed by atoms with Crippen LogP contribution in [0.2, 0.25) is 0 Å². The number of likely N-dealkylation sites (N-methyl/N-ethyl adjacent to an activating group) is 1. The monoisotopic (exact) mass is 285 g/mol. The number of halogens is 1. The van der Waals surface area contributed by atoms with Gasteiger partial charge in [0.1, 0.15) is 6.10 Å². The van der Waals surface area contributed by atoms with Gasteiger partial charge in [0, 0.05) is 0 Å². The van der Waals surface area contributed by atoms with Crippen LogP contribution in [0, 0.1) is 5.82 Å². The third kappa shape index (κ3) is 2.93. The number of hydrogen-bond acceptors (Lipinski definition) is 2. The topological polar surface area (TPSA) is 21.3 Å².